The van der Waals surface area contributed by atoms with Gasteiger partial charge in [-0.1, -0.05) is 44.9 Å². The van der Waals surface area contributed by atoms with E-state index < -0.39 is 0 Å². The fourth-order valence-corrected chi connectivity index (χ4v) is 3.56. The van der Waals surface area contributed by atoms with Gasteiger partial charge in [0.25, 0.3) is 0 Å². The Morgan fingerprint density at radius 2 is 2.00 bits per heavy atom. The normalized spacial score (nSPS) is 14.3. The van der Waals surface area contributed by atoms with E-state index in [9.17, 15) is 0 Å². The first-order chi connectivity index (χ1) is 9.17. The van der Waals surface area contributed by atoms with Gasteiger partial charge in [0.1, 0.15) is 0 Å². The molecular formula is C17H29NS. The number of rotatable bonds is 9. The van der Waals surface area contributed by atoms with Gasteiger partial charge in [-0.15, -0.1) is 11.8 Å². The van der Waals surface area contributed by atoms with Crippen molar-refractivity contribution in [2.75, 3.05) is 12.3 Å². The number of hydrogen-bond acceptors (Lipinski definition) is 2. The molecule has 0 radical (unpaired) electrons. The lowest BCUT2D eigenvalue weighted by Gasteiger charge is -2.24. The van der Waals surface area contributed by atoms with Crippen LogP contribution in [0.2, 0.25) is 0 Å². The minimum Gasteiger partial charge on any atom is -0.313 e. The summed E-state index contributed by atoms with van der Waals surface area (Å²) < 4.78 is 0. The van der Waals surface area contributed by atoms with Crippen LogP contribution in [0.1, 0.15) is 45.6 Å². The van der Waals surface area contributed by atoms with E-state index in [-0.39, 0.29) is 0 Å². The zero-order valence-corrected chi connectivity index (χ0v) is 13.7. The molecule has 0 aliphatic carbocycles. The predicted octanol–water partition coefficient (Wildman–Crippen LogP) is 4.89. The summed E-state index contributed by atoms with van der Waals surface area (Å²) in [5.41, 5.74) is 1.35. The van der Waals surface area contributed by atoms with Gasteiger partial charge in [0.15, 0.2) is 0 Å². The van der Waals surface area contributed by atoms with Gasteiger partial charge < -0.3 is 5.32 Å². The van der Waals surface area contributed by atoms with Gasteiger partial charge in [-0.05, 0) is 44.4 Å². The van der Waals surface area contributed by atoms with Crippen molar-refractivity contribution in [3.05, 3.63) is 29.8 Å². The molecule has 0 aromatic heterocycles. The Morgan fingerprint density at radius 1 is 1.21 bits per heavy atom. The highest BCUT2D eigenvalue weighted by atomic mass is 32.2. The second-order valence-corrected chi connectivity index (χ2v) is 6.55. The van der Waals surface area contributed by atoms with Gasteiger partial charge in [-0.2, -0.15) is 0 Å². The van der Waals surface area contributed by atoms with E-state index >= 15 is 0 Å². The molecule has 1 nitrogen and oxygen atoms in total. The van der Waals surface area contributed by atoms with E-state index in [1.165, 1.54) is 35.5 Å². The maximum absolute atomic E-state index is 3.72. The Bertz CT molecular complexity index is 351. The molecule has 0 aliphatic heterocycles. The van der Waals surface area contributed by atoms with Crippen molar-refractivity contribution in [2.45, 2.75) is 57.9 Å². The van der Waals surface area contributed by atoms with Crippen LogP contribution in [0.3, 0.4) is 0 Å². The van der Waals surface area contributed by atoms with Crippen LogP contribution < -0.4 is 5.32 Å². The smallest absolute Gasteiger partial charge is 0.0187 e. The first kappa shape index (κ1) is 16.6. The molecule has 1 aromatic rings. The van der Waals surface area contributed by atoms with Gasteiger partial charge in [0.2, 0.25) is 0 Å². The molecule has 0 saturated carbocycles. The molecule has 1 aromatic carbocycles. The monoisotopic (exact) mass is 279 g/mol. The lowest BCUT2D eigenvalue weighted by molar-refractivity contribution is 0.382. The molecular weight excluding hydrogens is 250 g/mol. The summed E-state index contributed by atoms with van der Waals surface area (Å²) in [6.45, 7) is 10.2. The molecule has 0 bridgehead atoms. The topological polar surface area (TPSA) is 12.0 Å². The summed E-state index contributed by atoms with van der Waals surface area (Å²) in [5.74, 6) is 1.93. The number of nitrogens with one attached hydrogen (secondary N) is 1. The van der Waals surface area contributed by atoms with Crippen LogP contribution in [0.5, 0.6) is 0 Å². The lowest BCUT2D eigenvalue weighted by Crippen LogP contribution is -2.37. The summed E-state index contributed by atoms with van der Waals surface area (Å²) in [6, 6.07) is 9.45. The molecule has 0 spiro atoms. The minimum atomic E-state index is 0.630. The number of aryl methyl sites for hydroxylation is 1. The molecule has 1 N–H and O–H groups in total. The first-order valence-electron chi connectivity index (χ1n) is 7.60. The molecule has 108 valence electrons. The number of thioether (sulfide) groups is 1. The van der Waals surface area contributed by atoms with Crippen molar-refractivity contribution in [3.63, 3.8) is 0 Å². The van der Waals surface area contributed by atoms with Crippen molar-refractivity contribution in [2.24, 2.45) is 5.92 Å². The molecule has 0 fully saturated rings. The van der Waals surface area contributed by atoms with Crippen molar-refractivity contribution in [1.82, 2.24) is 5.32 Å². The average Bonchev–Trinajstić information content (AvgIpc) is 2.39. The van der Waals surface area contributed by atoms with Gasteiger partial charge in [0, 0.05) is 16.7 Å². The highest BCUT2D eigenvalue weighted by Crippen LogP contribution is 2.23. The molecule has 2 atom stereocenters. The van der Waals surface area contributed by atoms with Gasteiger partial charge in [-0.3, -0.25) is 0 Å². The fourth-order valence-electron chi connectivity index (χ4n) is 2.30. The second kappa shape index (κ2) is 9.44. The largest absolute Gasteiger partial charge is 0.313 e. The minimum absolute atomic E-state index is 0.630. The van der Waals surface area contributed by atoms with Gasteiger partial charge in [-0.25, -0.2) is 0 Å². The molecule has 2 heteroatoms. The summed E-state index contributed by atoms with van der Waals surface area (Å²) in [7, 11) is 0. The van der Waals surface area contributed by atoms with Crippen LogP contribution in [0, 0.1) is 12.8 Å². The third kappa shape index (κ3) is 6.49. The number of benzene rings is 1. The fraction of sp³-hybridized carbons (Fsp3) is 0.647. The Morgan fingerprint density at radius 3 is 2.63 bits per heavy atom. The molecule has 2 unspecified atom stereocenters. The summed E-state index contributed by atoms with van der Waals surface area (Å²) in [4.78, 5) is 1.40. The van der Waals surface area contributed by atoms with Crippen LogP contribution in [-0.4, -0.2) is 18.3 Å². The Labute approximate surface area is 123 Å². The third-order valence-electron chi connectivity index (χ3n) is 3.51. The molecule has 1 rings (SSSR count). The Balaban J connectivity index is 2.51. The van der Waals surface area contributed by atoms with Crippen LogP contribution >= 0.6 is 11.8 Å². The highest BCUT2D eigenvalue weighted by Gasteiger charge is 2.16. The third-order valence-corrected chi connectivity index (χ3v) is 4.62. The summed E-state index contributed by atoms with van der Waals surface area (Å²) in [6.07, 6.45) is 3.81. The van der Waals surface area contributed by atoms with Crippen molar-refractivity contribution < 1.29 is 0 Å². The van der Waals surface area contributed by atoms with E-state index in [1.807, 2.05) is 11.8 Å². The van der Waals surface area contributed by atoms with Crippen molar-refractivity contribution >= 4 is 11.8 Å². The van der Waals surface area contributed by atoms with Crippen LogP contribution in [0.15, 0.2) is 29.2 Å². The van der Waals surface area contributed by atoms with Crippen molar-refractivity contribution in [3.8, 4) is 0 Å². The molecule has 0 amide bonds. The maximum atomic E-state index is 3.72. The number of hydrogen-bond donors (Lipinski definition) is 1. The molecule has 0 heterocycles. The quantitative estimate of drug-likeness (QED) is 0.646. The molecule has 0 saturated heterocycles. The van der Waals surface area contributed by atoms with E-state index in [2.05, 4.69) is 57.3 Å². The van der Waals surface area contributed by atoms with E-state index in [4.69, 9.17) is 0 Å². The summed E-state index contributed by atoms with van der Waals surface area (Å²) in [5, 5.41) is 3.72. The zero-order valence-electron chi connectivity index (χ0n) is 12.9. The van der Waals surface area contributed by atoms with Crippen molar-refractivity contribution in [1.29, 1.82) is 0 Å². The van der Waals surface area contributed by atoms with Crippen LogP contribution in [0.4, 0.5) is 0 Å². The highest BCUT2D eigenvalue weighted by molar-refractivity contribution is 7.99. The standard InChI is InChI=1S/C17H29NS/c1-5-8-15(4)17(18-11-6-2)13-19-16-10-7-9-14(3)12-16/h7,9-10,12,15,17-18H,5-6,8,11,13H2,1-4H3. The predicted molar refractivity (Wildman–Crippen MR) is 88.1 cm³/mol. The van der Waals surface area contributed by atoms with Gasteiger partial charge in [0.05, 0.1) is 0 Å². The molecule has 0 aliphatic rings. The SMILES string of the molecule is CCCNC(CSc1cccc(C)c1)C(C)CCC. The van der Waals surface area contributed by atoms with E-state index in [1.54, 1.807) is 0 Å². The van der Waals surface area contributed by atoms with Crippen LogP contribution in [-0.2, 0) is 0 Å². The maximum Gasteiger partial charge on any atom is 0.0187 e. The lowest BCUT2D eigenvalue weighted by atomic mass is 9.98. The second-order valence-electron chi connectivity index (χ2n) is 5.45. The van der Waals surface area contributed by atoms with E-state index in [0.29, 0.717) is 6.04 Å². The molecule has 19 heavy (non-hydrogen) atoms. The first-order valence-corrected chi connectivity index (χ1v) is 8.58. The average molecular weight is 279 g/mol. The summed E-state index contributed by atoms with van der Waals surface area (Å²) >= 11 is 1.98. The van der Waals surface area contributed by atoms with Gasteiger partial charge >= 0.3 is 0 Å². The Hall–Kier alpha value is -0.470. The van der Waals surface area contributed by atoms with Crippen LogP contribution in [0.25, 0.3) is 0 Å². The van der Waals surface area contributed by atoms with E-state index in [0.717, 1.165) is 12.5 Å². The zero-order chi connectivity index (χ0) is 14.1. The Kier molecular flexibility index (Phi) is 8.24.